The van der Waals surface area contributed by atoms with Crippen LogP contribution in [-0.2, 0) is 13.0 Å². The third-order valence-electron chi connectivity index (χ3n) is 2.21. The van der Waals surface area contributed by atoms with E-state index in [0.29, 0.717) is 6.04 Å². The van der Waals surface area contributed by atoms with Crippen LogP contribution < -0.4 is 5.32 Å². The molecule has 3 nitrogen and oxygen atoms in total. The molecule has 0 bridgehead atoms. The van der Waals surface area contributed by atoms with E-state index < -0.39 is 0 Å². The van der Waals surface area contributed by atoms with Crippen molar-refractivity contribution in [1.82, 2.24) is 10.3 Å². The monoisotopic (exact) mass is 236 g/mol. The number of furan rings is 1. The highest BCUT2D eigenvalue weighted by Gasteiger charge is 2.05. The van der Waals surface area contributed by atoms with Gasteiger partial charge in [-0.3, -0.25) is 0 Å². The van der Waals surface area contributed by atoms with E-state index in [0.717, 1.165) is 29.5 Å². The van der Waals surface area contributed by atoms with Crippen molar-refractivity contribution in [2.24, 2.45) is 0 Å². The van der Waals surface area contributed by atoms with Gasteiger partial charge in [-0.1, -0.05) is 13.8 Å². The highest BCUT2D eigenvalue weighted by Crippen LogP contribution is 2.14. The van der Waals surface area contributed by atoms with Gasteiger partial charge in [-0.25, -0.2) is 4.98 Å². The molecule has 16 heavy (non-hydrogen) atoms. The maximum atomic E-state index is 5.71. The Morgan fingerprint density at radius 3 is 2.88 bits per heavy atom. The number of aromatic nitrogens is 1. The van der Waals surface area contributed by atoms with Crippen molar-refractivity contribution in [2.75, 3.05) is 0 Å². The number of hydrogen-bond donors (Lipinski definition) is 1. The average molecular weight is 236 g/mol. The van der Waals surface area contributed by atoms with Crippen LogP contribution in [0, 0.1) is 0 Å². The molecule has 0 aliphatic carbocycles. The maximum Gasteiger partial charge on any atom is 0.117 e. The van der Waals surface area contributed by atoms with E-state index in [4.69, 9.17) is 4.42 Å². The maximum absolute atomic E-state index is 5.71. The topological polar surface area (TPSA) is 38.1 Å². The summed E-state index contributed by atoms with van der Waals surface area (Å²) in [5.41, 5.74) is 0. The van der Waals surface area contributed by atoms with E-state index in [1.165, 1.54) is 0 Å². The Balaban J connectivity index is 1.92. The summed E-state index contributed by atoms with van der Waals surface area (Å²) >= 11 is 1.66. The van der Waals surface area contributed by atoms with Gasteiger partial charge in [-0.15, -0.1) is 11.3 Å². The molecule has 0 unspecified atom stereocenters. The van der Waals surface area contributed by atoms with Crippen LogP contribution in [0.4, 0.5) is 0 Å². The molecule has 0 aliphatic heterocycles. The second-order valence-electron chi connectivity index (χ2n) is 4.01. The predicted molar refractivity (Wildman–Crippen MR) is 65.6 cm³/mol. The van der Waals surface area contributed by atoms with Crippen molar-refractivity contribution in [3.05, 3.63) is 40.2 Å². The number of nitrogens with zero attached hydrogens (tertiary/aromatic N) is 1. The van der Waals surface area contributed by atoms with Crippen LogP contribution in [0.1, 0.15) is 30.4 Å². The van der Waals surface area contributed by atoms with Gasteiger partial charge in [0.2, 0.25) is 0 Å². The number of thiazole rings is 1. The molecule has 0 saturated heterocycles. The van der Waals surface area contributed by atoms with Crippen LogP contribution in [-0.4, -0.2) is 11.0 Å². The Morgan fingerprint density at radius 1 is 1.38 bits per heavy atom. The standard InChI is InChI=1S/C12H16N2OS/c1-9(2)14-8-11-4-3-10(15-11)7-12-13-5-6-16-12/h3-6,9,14H,7-8H2,1-2H3. The molecular formula is C12H16N2OS. The first-order valence-electron chi connectivity index (χ1n) is 5.43. The normalized spacial score (nSPS) is 11.2. The van der Waals surface area contributed by atoms with E-state index >= 15 is 0 Å². The third-order valence-corrected chi connectivity index (χ3v) is 2.99. The molecule has 0 amide bonds. The summed E-state index contributed by atoms with van der Waals surface area (Å²) in [6.45, 7) is 5.04. The summed E-state index contributed by atoms with van der Waals surface area (Å²) in [6.07, 6.45) is 2.61. The Bertz CT molecular complexity index is 420. The number of rotatable bonds is 5. The number of nitrogens with one attached hydrogen (secondary N) is 1. The van der Waals surface area contributed by atoms with Crippen molar-refractivity contribution in [3.8, 4) is 0 Å². The van der Waals surface area contributed by atoms with Gasteiger partial charge >= 0.3 is 0 Å². The first-order chi connectivity index (χ1) is 7.74. The van der Waals surface area contributed by atoms with Gasteiger partial charge in [0, 0.05) is 17.6 Å². The van der Waals surface area contributed by atoms with E-state index in [9.17, 15) is 0 Å². The summed E-state index contributed by atoms with van der Waals surface area (Å²) in [4.78, 5) is 4.24. The predicted octanol–water partition coefficient (Wildman–Crippen LogP) is 2.82. The Morgan fingerprint density at radius 2 is 2.19 bits per heavy atom. The van der Waals surface area contributed by atoms with Crippen LogP contribution >= 0.6 is 11.3 Å². The lowest BCUT2D eigenvalue weighted by molar-refractivity contribution is 0.440. The summed E-state index contributed by atoms with van der Waals surface area (Å²) in [5, 5.41) is 6.41. The molecule has 2 rings (SSSR count). The van der Waals surface area contributed by atoms with Gasteiger partial charge in [0.15, 0.2) is 0 Å². The molecule has 2 aromatic rings. The fourth-order valence-corrected chi connectivity index (χ4v) is 2.03. The SMILES string of the molecule is CC(C)NCc1ccc(Cc2nccs2)o1. The van der Waals surface area contributed by atoms with Gasteiger partial charge in [0.25, 0.3) is 0 Å². The van der Waals surface area contributed by atoms with Crippen LogP contribution in [0.3, 0.4) is 0 Å². The van der Waals surface area contributed by atoms with Crippen molar-refractivity contribution in [3.63, 3.8) is 0 Å². The molecule has 2 heterocycles. The van der Waals surface area contributed by atoms with Crippen LogP contribution in [0.5, 0.6) is 0 Å². The Hall–Kier alpha value is -1.13. The Labute approximate surface area is 99.5 Å². The van der Waals surface area contributed by atoms with Crippen molar-refractivity contribution in [2.45, 2.75) is 32.9 Å². The molecule has 1 N–H and O–H groups in total. The summed E-state index contributed by atoms with van der Waals surface area (Å²) in [5.74, 6) is 1.97. The highest BCUT2D eigenvalue weighted by molar-refractivity contribution is 7.09. The quantitative estimate of drug-likeness (QED) is 0.867. The summed E-state index contributed by atoms with van der Waals surface area (Å²) in [7, 11) is 0. The largest absolute Gasteiger partial charge is 0.464 e. The first kappa shape index (κ1) is 11.4. The summed E-state index contributed by atoms with van der Waals surface area (Å²) in [6, 6.07) is 4.53. The van der Waals surface area contributed by atoms with Crippen LogP contribution in [0.15, 0.2) is 28.1 Å². The minimum absolute atomic E-state index is 0.479. The van der Waals surface area contributed by atoms with Crippen molar-refractivity contribution < 1.29 is 4.42 Å². The van der Waals surface area contributed by atoms with E-state index in [1.807, 2.05) is 23.7 Å². The molecule has 86 valence electrons. The molecule has 4 heteroatoms. The minimum atomic E-state index is 0.479. The fraction of sp³-hybridized carbons (Fsp3) is 0.417. The molecule has 0 fully saturated rings. The molecular weight excluding hydrogens is 220 g/mol. The lowest BCUT2D eigenvalue weighted by Crippen LogP contribution is -2.21. The second-order valence-corrected chi connectivity index (χ2v) is 4.99. The molecule has 0 atom stereocenters. The summed E-state index contributed by atoms with van der Waals surface area (Å²) < 4.78 is 5.71. The van der Waals surface area contributed by atoms with Crippen molar-refractivity contribution >= 4 is 11.3 Å². The minimum Gasteiger partial charge on any atom is -0.464 e. The van der Waals surface area contributed by atoms with Gasteiger partial charge in [0.05, 0.1) is 18.0 Å². The smallest absolute Gasteiger partial charge is 0.117 e. The van der Waals surface area contributed by atoms with Crippen LogP contribution in [0.25, 0.3) is 0 Å². The van der Waals surface area contributed by atoms with Gasteiger partial charge in [-0.2, -0.15) is 0 Å². The second kappa shape index (κ2) is 5.27. The molecule has 2 aromatic heterocycles. The van der Waals surface area contributed by atoms with Gasteiger partial charge < -0.3 is 9.73 Å². The Kier molecular flexibility index (Phi) is 3.74. The zero-order valence-corrected chi connectivity index (χ0v) is 10.4. The zero-order chi connectivity index (χ0) is 11.4. The lowest BCUT2D eigenvalue weighted by Gasteiger charge is -2.04. The number of hydrogen-bond acceptors (Lipinski definition) is 4. The fourth-order valence-electron chi connectivity index (χ4n) is 1.41. The molecule has 0 saturated carbocycles. The lowest BCUT2D eigenvalue weighted by atomic mass is 10.3. The van der Waals surface area contributed by atoms with E-state index in [1.54, 1.807) is 11.3 Å². The first-order valence-corrected chi connectivity index (χ1v) is 6.31. The molecule has 0 aromatic carbocycles. The molecule has 0 spiro atoms. The highest BCUT2D eigenvalue weighted by atomic mass is 32.1. The van der Waals surface area contributed by atoms with Gasteiger partial charge in [0.1, 0.15) is 11.5 Å². The van der Waals surface area contributed by atoms with Gasteiger partial charge in [-0.05, 0) is 12.1 Å². The average Bonchev–Trinajstić information content (AvgIpc) is 2.87. The van der Waals surface area contributed by atoms with Crippen LogP contribution in [0.2, 0.25) is 0 Å². The van der Waals surface area contributed by atoms with E-state index in [2.05, 4.69) is 24.1 Å². The zero-order valence-electron chi connectivity index (χ0n) is 9.56. The third kappa shape index (κ3) is 3.18. The van der Waals surface area contributed by atoms with Crippen molar-refractivity contribution in [1.29, 1.82) is 0 Å². The van der Waals surface area contributed by atoms with E-state index in [-0.39, 0.29) is 0 Å². The molecule has 0 aliphatic rings. The molecule has 0 radical (unpaired) electrons.